The van der Waals surface area contributed by atoms with Crippen molar-refractivity contribution in [3.05, 3.63) is 35.0 Å². The molecule has 0 fully saturated rings. The molecule has 0 spiro atoms. The van der Waals surface area contributed by atoms with Crippen LogP contribution in [0, 0.1) is 26.7 Å². The Bertz CT molecular complexity index is 586. The van der Waals surface area contributed by atoms with Crippen LogP contribution in [0.2, 0.25) is 0 Å². The minimum atomic E-state index is 0.657. The predicted octanol–water partition coefficient (Wildman–Crippen LogP) is 2.33. The summed E-state index contributed by atoms with van der Waals surface area (Å²) in [5, 5.41) is 7.81. The van der Waals surface area contributed by atoms with Crippen LogP contribution in [0.1, 0.15) is 36.6 Å². The molecule has 5 heteroatoms. The molecule has 0 saturated heterocycles. The average molecular weight is 273 g/mol. The van der Waals surface area contributed by atoms with Crippen molar-refractivity contribution in [1.82, 2.24) is 25.1 Å². The fourth-order valence-electron chi connectivity index (χ4n) is 2.17. The molecule has 0 saturated carbocycles. The van der Waals surface area contributed by atoms with E-state index in [4.69, 9.17) is 0 Å². The first-order valence-corrected chi connectivity index (χ1v) is 7.04. The Kier molecular flexibility index (Phi) is 4.49. The van der Waals surface area contributed by atoms with Crippen molar-refractivity contribution < 1.29 is 0 Å². The Balaban J connectivity index is 2.16. The molecule has 0 radical (unpaired) electrons. The van der Waals surface area contributed by atoms with E-state index in [1.165, 1.54) is 5.56 Å². The first kappa shape index (κ1) is 14.7. The maximum absolute atomic E-state index is 4.54. The van der Waals surface area contributed by atoms with Crippen LogP contribution in [-0.4, -0.2) is 26.3 Å². The number of aromatic nitrogens is 4. The van der Waals surface area contributed by atoms with E-state index >= 15 is 0 Å². The monoisotopic (exact) mass is 273 g/mol. The van der Waals surface area contributed by atoms with E-state index in [1.54, 1.807) is 4.68 Å². The molecule has 0 unspecified atom stereocenters. The highest BCUT2D eigenvalue weighted by molar-refractivity contribution is 5.35. The third kappa shape index (κ3) is 3.42. The number of pyridine rings is 1. The number of rotatable bonds is 5. The van der Waals surface area contributed by atoms with Crippen molar-refractivity contribution in [2.45, 2.75) is 41.2 Å². The second kappa shape index (κ2) is 6.13. The lowest BCUT2D eigenvalue weighted by molar-refractivity contribution is 0.551. The summed E-state index contributed by atoms with van der Waals surface area (Å²) in [7, 11) is 0. The van der Waals surface area contributed by atoms with E-state index in [-0.39, 0.29) is 0 Å². The molecule has 108 valence electrons. The van der Waals surface area contributed by atoms with E-state index in [0.717, 1.165) is 36.1 Å². The maximum atomic E-state index is 4.54. The second-order valence-corrected chi connectivity index (χ2v) is 5.63. The molecule has 1 N–H and O–H groups in total. The summed E-state index contributed by atoms with van der Waals surface area (Å²) in [5.41, 5.74) is 2.31. The number of aryl methyl sites for hydroxylation is 3. The maximum Gasteiger partial charge on any atom is 0.158 e. The molecule has 0 aliphatic carbocycles. The second-order valence-electron chi connectivity index (χ2n) is 5.63. The van der Waals surface area contributed by atoms with Crippen LogP contribution in [0.15, 0.2) is 12.3 Å². The minimum absolute atomic E-state index is 0.657. The molecule has 20 heavy (non-hydrogen) atoms. The fourth-order valence-corrected chi connectivity index (χ4v) is 2.17. The molecule has 2 heterocycles. The van der Waals surface area contributed by atoms with Gasteiger partial charge in [0.15, 0.2) is 5.82 Å². The molecule has 0 atom stereocenters. The van der Waals surface area contributed by atoms with Gasteiger partial charge in [0.05, 0.1) is 0 Å². The number of hydrogen-bond donors (Lipinski definition) is 1. The number of nitrogens with one attached hydrogen (secondary N) is 1. The minimum Gasteiger partial charge on any atom is -0.312 e. The summed E-state index contributed by atoms with van der Waals surface area (Å²) in [6, 6.07) is 2.16. The van der Waals surface area contributed by atoms with Crippen LogP contribution in [0.5, 0.6) is 0 Å². The van der Waals surface area contributed by atoms with Gasteiger partial charge in [0.25, 0.3) is 0 Å². The van der Waals surface area contributed by atoms with Crippen LogP contribution < -0.4 is 5.32 Å². The van der Waals surface area contributed by atoms with Crippen LogP contribution in [0.25, 0.3) is 5.82 Å². The molecule has 2 aromatic heterocycles. The molecular weight excluding hydrogens is 250 g/mol. The topological polar surface area (TPSA) is 55.6 Å². The van der Waals surface area contributed by atoms with Gasteiger partial charge in [-0.25, -0.2) is 9.97 Å². The van der Waals surface area contributed by atoms with E-state index in [2.05, 4.69) is 47.2 Å². The van der Waals surface area contributed by atoms with Gasteiger partial charge in [0, 0.05) is 12.7 Å². The smallest absolute Gasteiger partial charge is 0.158 e. The van der Waals surface area contributed by atoms with Gasteiger partial charge in [0.1, 0.15) is 11.6 Å². The van der Waals surface area contributed by atoms with Crippen molar-refractivity contribution in [1.29, 1.82) is 0 Å². The van der Waals surface area contributed by atoms with Gasteiger partial charge < -0.3 is 5.32 Å². The van der Waals surface area contributed by atoms with Gasteiger partial charge in [-0.1, -0.05) is 13.8 Å². The van der Waals surface area contributed by atoms with Crippen molar-refractivity contribution >= 4 is 0 Å². The Hall–Kier alpha value is -1.75. The molecule has 0 aliphatic heterocycles. The SMILES string of the molecule is Cc1nc(C)n(-c2ncc(CNCC(C)C)cc2C)n1. The summed E-state index contributed by atoms with van der Waals surface area (Å²) in [6.45, 7) is 12.2. The first-order valence-electron chi connectivity index (χ1n) is 7.04. The first-order chi connectivity index (χ1) is 9.47. The molecule has 0 amide bonds. The van der Waals surface area contributed by atoms with Crippen LogP contribution >= 0.6 is 0 Å². The lowest BCUT2D eigenvalue weighted by Gasteiger charge is -2.10. The molecule has 0 bridgehead atoms. The lowest BCUT2D eigenvalue weighted by Crippen LogP contribution is -2.19. The van der Waals surface area contributed by atoms with Crippen molar-refractivity contribution in [3.63, 3.8) is 0 Å². The van der Waals surface area contributed by atoms with Gasteiger partial charge in [-0.15, -0.1) is 5.10 Å². The third-order valence-electron chi connectivity index (χ3n) is 3.06. The third-order valence-corrected chi connectivity index (χ3v) is 3.06. The van der Waals surface area contributed by atoms with Crippen molar-refractivity contribution in [2.24, 2.45) is 5.92 Å². The summed E-state index contributed by atoms with van der Waals surface area (Å²) in [5.74, 6) is 3.15. The van der Waals surface area contributed by atoms with Crippen LogP contribution in [-0.2, 0) is 6.54 Å². The van der Waals surface area contributed by atoms with Gasteiger partial charge >= 0.3 is 0 Å². The largest absolute Gasteiger partial charge is 0.312 e. The number of hydrogen-bond acceptors (Lipinski definition) is 4. The Morgan fingerprint density at radius 2 is 2.00 bits per heavy atom. The highest BCUT2D eigenvalue weighted by Crippen LogP contribution is 2.13. The Morgan fingerprint density at radius 3 is 2.55 bits per heavy atom. The zero-order chi connectivity index (χ0) is 14.7. The molecule has 5 nitrogen and oxygen atoms in total. The van der Waals surface area contributed by atoms with Crippen LogP contribution in [0.4, 0.5) is 0 Å². The van der Waals surface area contributed by atoms with E-state index in [0.29, 0.717) is 5.92 Å². The van der Waals surface area contributed by atoms with E-state index < -0.39 is 0 Å². The van der Waals surface area contributed by atoms with E-state index in [1.807, 2.05) is 20.0 Å². The van der Waals surface area contributed by atoms with Gasteiger partial charge in [-0.2, -0.15) is 4.68 Å². The summed E-state index contributed by atoms with van der Waals surface area (Å²) >= 11 is 0. The molecular formula is C15H23N5. The van der Waals surface area contributed by atoms with Crippen LogP contribution in [0.3, 0.4) is 0 Å². The van der Waals surface area contributed by atoms with Gasteiger partial charge in [0.2, 0.25) is 0 Å². The predicted molar refractivity (Wildman–Crippen MR) is 79.9 cm³/mol. The van der Waals surface area contributed by atoms with Crippen molar-refractivity contribution in [3.8, 4) is 5.82 Å². The number of nitrogens with zero attached hydrogens (tertiary/aromatic N) is 4. The standard InChI is InChI=1S/C15H23N5/c1-10(2)7-16-8-14-6-11(3)15(17-9-14)20-13(5)18-12(4)19-20/h6,9-10,16H,7-8H2,1-5H3. The summed E-state index contributed by atoms with van der Waals surface area (Å²) in [6.07, 6.45) is 1.91. The molecule has 0 aliphatic rings. The van der Waals surface area contributed by atoms with Gasteiger partial charge in [-0.05, 0) is 50.4 Å². The molecule has 2 aromatic rings. The highest BCUT2D eigenvalue weighted by Gasteiger charge is 2.09. The fraction of sp³-hybridized carbons (Fsp3) is 0.533. The summed E-state index contributed by atoms with van der Waals surface area (Å²) < 4.78 is 1.80. The van der Waals surface area contributed by atoms with Crippen molar-refractivity contribution in [2.75, 3.05) is 6.54 Å². The normalized spacial score (nSPS) is 11.3. The zero-order valence-electron chi connectivity index (χ0n) is 12.9. The quantitative estimate of drug-likeness (QED) is 0.908. The Labute approximate surface area is 120 Å². The Morgan fingerprint density at radius 1 is 1.25 bits per heavy atom. The molecule has 2 rings (SSSR count). The average Bonchev–Trinajstić information content (AvgIpc) is 2.68. The van der Waals surface area contributed by atoms with Gasteiger partial charge in [-0.3, -0.25) is 0 Å². The zero-order valence-corrected chi connectivity index (χ0v) is 12.9. The highest BCUT2D eigenvalue weighted by atomic mass is 15.4. The van der Waals surface area contributed by atoms with E-state index in [9.17, 15) is 0 Å². The summed E-state index contributed by atoms with van der Waals surface area (Å²) in [4.78, 5) is 8.86. The molecule has 0 aromatic carbocycles. The lowest BCUT2D eigenvalue weighted by atomic mass is 10.2.